The Hall–Kier alpha value is -2.05. The molecule has 1 aromatic carbocycles. The minimum absolute atomic E-state index is 0. The second kappa shape index (κ2) is 5.98. The summed E-state index contributed by atoms with van der Waals surface area (Å²) < 4.78 is 1.74. The van der Waals surface area contributed by atoms with Gasteiger partial charge >= 0.3 is 0 Å². The Balaban J connectivity index is 0.000000882. The van der Waals surface area contributed by atoms with Crippen LogP contribution in [0.3, 0.4) is 0 Å². The summed E-state index contributed by atoms with van der Waals surface area (Å²) in [5.74, 6) is 0.469. The van der Waals surface area contributed by atoms with Gasteiger partial charge < -0.3 is 11.1 Å². The van der Waals surface area contributed by atoms with E-state index in [4.69, 9.17) is 5.73 Å². The fourth-order valence-corrected chi connectivity index (χ4v) is 2.76. The van der Waals surface area contributed by atoms with E-state index in [0.717, 1.165) is 35.3 Å². The number of benzene rings is 1. The molecule has 0 atom stereocenters. The molecule has 1 aliphatic heterocycles. The van der Waals surface area contributed by atoms with E-state index < -0.39 is 0 Å². The maximum Gasteiger partial charge on any atom is 0.163 e. The summed E-state index contributed by atoms with van der Waals surface area (Å²) >= 11 is 0. The average molecular weight is 339 g/mol. The zero-order valence-electron chi connectivity index (χ0n) is 11.9. The molecule has 0 spiro atoms. The molecule has 1 aliphatic rings. The van der Waals surface area contributed by atoms with Crippen LogP contribution in [-0.2, 0) is 13.5 Å². The van der Waals surface area contributed by atoms with Crippen molar-refractivity contribution in [2.75, 3.05) is 17.6 Å². The third-order valence-electron chi connectivity index (χ3n) is 3.74. The summed E-state index contributed by atoms with van der Waals surface area (Å²) in [7, 11) is 1.87. The summed E-state index contributed by atoms with van der Waals surface area (Å²) in [5.41, 5.74) is 11.2. The Bertz CT molecular complexity index is 830. The third kappa shape index (κ3) is 2.34. The highest BCUT2D eigenvalue weighted by Crippen LogP contribution is 2.33. The first-order chi connectivity index (χ1) is 9.74. The fraction of sp³-hybridized carbons (Fsp3) is 0.214. The molecular formula is C14H16Cl2N6. The summed E-state index contributed by atoms with van der Waals surface area (Å²) in [6, 6.07) is 6.33. The second-order valence-corrected chi connectivity index (χ2v) is 4.98. The predicted octanol–water partition coefficient (Wildman–Crippen LogP) is 2.42. The van der Waals surface area contributed by atoms with Crippen molar-refractivity contribution in [1.29, 1.82) is 0 Å². The number of hydrogen-bond donors (Lipinski definition) is 2. The molecule has 4 rings (SSSR count). The predicted molar refractivity (Wildman–Crippen MR) is 92.8 cm³/mol. The Morgan fingerprint density at radius 3 is 2.86 bits per heavy atom. The highest BCUT2D eigenvalue weighted by atomic mass is 35.5. The van der Waals surface area contributed by atoms with Gasteiger partial charge in [0.15, 0.2) is 5.65 Å². The van der Waals surface area contributed by atoms with Crippen LogP contribution in [0.5, 0.6) is 0 Å². The van der Waals surface area contributed by atoms with E-state index in [9.17, 15) is 0 Å². The number of nitrogens with zero attached hydrogens (tertiary/aromatic N) is 4. The summed E-state index contributed by atoms with van der Waals surface area (Å²) in [5, 5.41) is 8.74. The molecule has 0 saturated heterocycles. The van der Waals surface area contributed by atoms with Crippen molar-refractivity contribution in [3.8, 4) is 11.3 Å². The number of hydrogen-bond acceptors (Lipinski definition) is 5. The van der Waals surface area contributed by atoms with Gasteiger partial charge in [0.25, 0.3) is 0 Å². The SMILES string of the molecule is Cl.Cl.Cn1nc(-c2ccc3c(c2)CCN3)c2c(N)ncnc21. The van der Waals surface area contributed by atoms with Crippen molar-refractivity contribution < 1.29 is 0 Å². The number of nitrogens with two attached hydrogens (primary N) is 1. The number of aryl methyl sites for hydroxylation is 1. The molecule has 3 aromatic rings. The van der Waals surface area contributed by atoms with Crippen molar-refractivity contribution in [3.05, 3.63) is 30.1 Å². The van der Waals surface area contributed by atoms with Gasteiger partial charge in [-0.3, -0.25) is 0 Å². The molecule has 0 radical (unpaired) electrons. The van der Waals surface area contributed by atoms with Crippen LogP contribution in [0.15, 0.2) is 24.5 Å². The number of aromatic nitrogens is 4. The van der Waals surface area contributed by atoms with Gasteiger partial charge in [-0.05, 0) is 24.1 Å². The van der Waals surface area contributed by atoms with E-state index in [2.05, 4.69) is 38.6 Å². The third-order valence-corrected chi connectivity index (χ3v) is 3.74. The van der Waals surface area contributed by atoms with Gasteiger partial charge in [-0.15, -0.1) is 24.8 Å². The molecule has 0 saturated carbocycles. The summed E-state index contributed by atoms with van der Waals surface area (Å²) in [4.78, 5) is 8.34. The standard InChI is InChI=1S/C14H14N6.2ClH/c1-20-14-11(13(15)17-7-18-14)12(19-20)9-2-3-10-8(6-9)4-5-16-10;;/h2-3,6-7,16H,4-5H2,1H3,(H2,15,17,18);2*1H. The second-order valence-electron chi connectivity index (χ2n) is 4.98. The minimum atomic E-state index is 0. The Morgan fingerprint density at radius 2 is 2.05 bits per heavy atom. The first-order valence-corrected chi connectivity index (χ1v) is 6.54. The highest BCUT2D eigenvalue weighted by molar-refractivity contribution is 5.98. The number of halogens is 2. The summed E-state index contributed by atoms with van der Waals surface area (Å²) in [6.45, 7) is 0.993. The van der Waals surface area contributed by atoms with Crippen LogP contribution in [0.4, 0.5) is 11.5 Å². The van der Waals surface area contributed by atoms with Crippen LogP contribution >= 0.6 is 24.8 Å². The molecule has 0 fully saturated rings. The van der Waals surface area contributed by atoms with E-state index in [-0.39, 0.29) is 24.8 Å². The highest BCUT2D eigenvalue weighted by Gasteiger charge is 2.17. The van der Waals surface area contributed by atoms with Crippen LogP contribution in [0, 0.1) is 0 Å². The normalized spacial score (nSPS) is 12.2. The van der Waals surface area contributed by atoms with E-state index in [1.807, 2.05) is 7.05 Å². The van der Waals surface area contributed by atoms with Gasteiger partial charge in [0.2, 0.25) is 0 Å². The lowest BCUT2D eigenvalue weighted by Gasteiger charge is -2.03. The lowest BCUT2D eigenvalue weighted by molar-refractivity contribution is 0.788. The number of nitrogen functional groups attached to an aromatic ring is 1. The van der Waals surface area contributed by atoms with Crippen LogP contribution in [0.25, 0.3) is 22.3 Å². The zero-order valence-corrected chi connectivity index (χ0v) is 13.5. The van der Waals surface area contributed by atoms with Gasteiger partial charge in [-0.1, -0.05) is 6.07 Å². The van der Waals surface area contributed by atoms with E-state index in [1.165, 1.54) is 17.6 Å². The van der Waals surface area contributed by atoms with Crippen molar-refractivity contribution in [2.45, 2.75) is 6.42 Å². The molecule has 0 aliphatic carbocycles. The van der Waals surface area contributed by atoms with E-state index >= 15 is 0 Å². The average Bonchev–Trinajstić information content (AvgIpc) is 3.04. The Labute approximate surface area is 140 Å². The molecule has 0 amide bonds. The van der Waals surface area contributed by atoms with Crippen molar-refractivity contribution >= 4 is 47.4 Å². The van der Waals surface area contributed by atoms with Crippen LogP contribution in [0.2, 0.25) is 0 Å². The topological polar surface area (TPSA) is 81.7 Å². The molecule has 2 aromatic heterocycles. The van der Waals surface area contributed by atoms with E-state index in [1.54, 1.807) is 4.68 Å². The quantitative estimate of drug-likeness (QED) is 0.712. The van der Waals surface area contributed by atoms with E-state index in [0.29, 0.717) is 5.82 Å². The smallest absolute Gasteiger partial charge is 0.163 e. The van der Waals surface area contributed by atoms with Gasteiger partial charge in [-0.2, -0.15) is 5.10 Å². The van der Waals surface area contributed by atoms with Crippen LogP contribution in [-0.4, -0.2) is 26.3 Å². The number of nitrogens with one attached hydrogen (secondary N) is 1. The van der Waals surface area contributed by atoms with Crippen LogP contribution in [0.1, 0.15) is 5.56 Å². The lowest BCUT2D eigenvalue weighted by atomic mass is 10.0. The Morgan fingerprint density at radius 1 is 1.23 bits per heavy atom. The number of anilines is 2. The minimum Gasteiger partial charge on any atom is -0.384 e. The molecular weight excluding hydrogens is 323 g/mol. The van der Waals surface area contributed by atoms with Crippen LogP contribution < -0.4 is 11.1 Å². The first-order valence-electron chi connectivity index (χ1n) is 6.54. The molecule has 8 heteroatoms. The number of rotatable bonds is 1. The lowest BCUT2D eigenvalue weighted by Crippen LogP contribution is -1.95. The summed E-state index contributed by atoms with van der Waals surface area (Å²) in [6.07, 6.45) is 2.51. The molecule has 0 bridgehead atoms. The van der Waals surface area contributed by atoms with Crippen molar-refractivity contribution in [3.63, 3.8) is 0 Å². The first kappa shape index (κ1) is 16.3. The van der Waals surface area contributed by atoms with Crippen molar-refractivity contribution in [1.82, 2.24) is 19.7 Å². The number of fused-ring (bicyclic) bond motifs is 2. The molecule has 3 N–H and O–H groups in total. The van der Waals surface area contributed by atoms with Gasteiger partial charge in [0.05, 0.1) is 5.39 Å². The molecule has 6 nitrogen and oxygen atoms in total. The largest absolute Gasteiger partial charge is 0.384 e. The van der Waals surface area contributed by atoms with Gasteiger partial charge in [-0.25, -0.2) is 14.6 Å². The monoisotopic (exact) mass is 338 g/mol. The zero-order chi connectivity index (χ0) is 13.7. The molecule has 3 heterocycles. The van der Waals surface area contributed by atoms with Gasteiger partial charge in [0, 0.05) is 24.8 Å². The van der Waals surface area contributed by atoms with Crippen molar-refractivity contribution in [2.24, 2.45) is 7.05 Å². The molecule has 22 heavy (non-hydrogen) atoms. The fourth-order valence-electron chi connectivity index (χ4n) is 2.76. The maximum atomic E-state index is 6.00. The molecule has 116 valence electrons. The van der Waals surface area contributed by atoms with Gasteiger partial charge in [0.1, 0.15) is 17.8 Å². The molecule has 0 unspecified atom stereocenters. The maximum absolute atomic E-state index is 6.00. The Kier molecular flexibility index (Phi) is 4.44.